The summed E-state index contributed by atoms with van der Waals surface area (Å²) in [5.41, 5.74) is 2.88. The van der Waals surface area contributed by atoms with Crippen LogP contribution in [-0.2, 0) is 19.5 Å². The predicted molar refractivity (Wildman–Crippen MR) is 106 cm³/mol. The third-order valence-electron chi connectivity index (χ3n) is 4.73. The van der Waals surface area contributed by atoms with E-state index >= 15 is 0 Å². The number of rotatable bonds is 7. The number of ether oxygens (including phenoxy) is 2. The first-order chi connectivity index (χ1) is 13.0. The molecule has 0 saturated carbocycles. The van der Waals surface area contributed by atoms with Crippen molar-refractivity contribution in [2.24, 2.45) is 0 Å². The molecular formula is C21H29N3O3. The minimum Gasteiger partial charge on any atom is -0.490 e. The van der Waals surface area contributed by atoms with E-state index in [0.29, 0.717) is 19.8 Å². The van der Waals surface area contributed by atoms with Crippen molar-refractivity contribution in [2.45, 2.75) is 53.1 Å². The van der Waals surface area contributed by atoms with Crippen LogP contribution in [0.5, 0.6) is 11.5 Å². The molecule has 0 amide bonds. The van der Waals surface area contributed by atoms with Crippen LogP contribution in [0.25, 0.3) is 0 Å². The first-order valence-electron chi connectivity index (χ1n) is 9.74. The van der Waals surface area contributed by atoms with Gasteiger partial charge < -0.3 is 14.5 Å². The third-order valence-corrected chi connectivity index (χ3v) is 4.73. The standard InChI is InChI=1S/C21H29N3O3/c1-5-26-18-8-7-15(11-19(18)27-6-2)12-24-10-9-17-16(13-24)21(25)23-20(22-17)14(3)4/h7-8,11,14H,5-6,9-10,12-13H2,1-4H3,(H,22,23,25). The van der Waals surface area contributed by atoms with E-state index in [1.807, 2.05) is 39.8 Å². The predicted octanol–water partition coefficient (Wildman–Crippen LogP) is 3.25. The summed E-state index contributed by atoms with van der Waals surface area (Å²) < 4.78 is 11.4. The summed E-state index contributed by atoms with van der Waals surface area (Å²) in [5.74, 6) is 2.55. The fourth-order valence-electron chi connectivity index (χ4n) is 3.36. The number of aromatic amines is 1. The van der Waals surface area contributed by atoms with E-state index in [0.717, 1.165) is 53.7 Å². The molecule has 0 aliphatic carbocycles. The SMILES string of the molecule is CCOc1ccc(CN2CCc3nc(C(C)C)[nH]c(=O)c3C2)cc1OCC. The Balaban J connectivity index is 1.77. The molecule has 27 heavy (non-hydrogen) atoms. The van der Waals surface area contributed by atoms with E-state index in [9.17, 15) is 4.79 Å². The van der Waals surface area contributed by atoms with E-state index in [4.69, 9.17) is 9.47 Å². The maximum atomic E-state index is 12.5. The number of hydrogen-bond donors (Lipinski definition) is 1. The Labute approximate surface area is 160 Å². The normalized spacial score (nSPS) is 14.3. The van der Waals surface area contributed by atoms with Gasteiger partial charge in [0, 0.05) is 32.0 Å². The number of nitrogens with one attached hydrogen (secondary N) is 1. The van der Waals surface area contributed by atoms with Crippen LogP contribution in [0, 0.1) is 0 Å². The number of benzene rings is 1. The van der Waals surface area contributed by atoms with Crippen molar-refractivity contribution >= 4 is 0 Å². The van der Waals surface area contributed by atoms with Crippen LogP contribution in [0.1, 0.15) is 56.3 Å². The lowest BCUT2D eigenvalue weighted by atomic mass is 10.0. The smallest absolute Gasteiger partial charge is 0.255 e. The lowest BCUT2D eigenvalue weighted by molar-refractivity contribution is 0.240. The Bertz CT molecular complexity index is 845. The van der Waals surface area contributed by atoms with E-state index in [2.05, 4.69) is 20.9 Å². The molecule has 0 saturated heterocycles. The number of aromatic nitrogens is 2. The number of hydrogen-bond acceptors (Lipinski definition) is 5. The molecule has 0 radical (unpaired) electrons. The Kier molecular flexibility index (Phi) is 6.16. The van der Waals surface area contributed by atoms with Gasteiger partial charge in [0.25, 0.3) is 5.56 Å². The van der Waals surface area contributed by atoms with Gasteiger partial charge in [0.05, 0.1) is 24.5 Å². The summed E-state index contributed by atoms with van der Waals surface area (Å²) in [7, 11) is 0. The maximum Gasteiger partial charge on any atom is 0.255 e. The summed E-state index contributed by atoms with van der Waals surface area (Å²) in [4.78, 5) is 22.4. The van der Waals surface area contributed by atoms with Crippen molar-refractivity contribution in [3.63, 3.8) is 0 Å². The Morgan fingerprint density at radius 3 is 2.63 bits per heavy atom. The zero-order valence-electron chi connectivity index (χ0n) is 16.7. The highest BCUT2D eigenvalue weighted by Gasteiger charge is 2.22. The summed E-state index contributed by atoms with van der Waals surface area (Å²) in [6, 6.07) is 6.06. The lowest BCUT2D eigenvalue weighted by Crippen LogP contribution is -2.35. The van der Waals surface area contributed by atoms with Gasteiger partial charge in [-0.25, -0.2) is 4.98 Å². The highest BCUT2D eigenvalue weighted by atomic mass is 16.5. The van der Waals surface area contributed by atoms with Crippen molar-refractivity contribution < 1.29 is 9.47 Å². The molecule has 1 aliphatic rings. The molecule has 2 aromatic rings. The third kappa shape index (κ3) is 4.50. The van der Waals surface area contributed by atoms with Crippen molar-refractivity contribution in [1.82, 2.24) is 14.9 Å². The van der Waals surface area contributed by atoms with Gasteiger partial charge in [-0.1, -0.05) is 19.9 Å². The number of H-pyrrole nitrogens is 1. The molecule has 6 nitrogen and oxygen atoms in total. The van der Waals surface area contributed by atoms with Crippen molar-refractivity contribution in [3.8, 4) is 11.5 Å². The second-order valence-electron chi connectivity index (χ2n) is 7.14. The minimum atomic E-state index is -0.00454. The van der Waals surface area contributed by atoms with Crippen molar-refractivity contribution in [3.05, 3.63) is 51.2 Å². The molecule has 1 N–H and O–H groups in total. The molecule has 0 fully saturated rings. The number of fused-ring (bicyclic) bond motifs is 1. The highest BCUT2D eigenvalue weighted by Crippen LogP contribution is 2.29. The van der Waals surface area contributed by atoms with Gasteiger partial charge in [-0.15, -0.1) is 0 Å². The van der Waals surface area contributed by atoms with Gasteiger partial charge in [-0.2, -0.15) is 0 Å². The zero-order valence-corrected chi connectivity index (χ0v) is 16.7. The molecule has 3 rings (SSSR count). The molecule has 1 aromatic carbocycles. The second-order valence-corrected chi connectivity index (χ2v) is 7.14. The summed E-state index contributed by atoms with van der Waals surface area (Å²) in [6.45, 7) is 11.5. The quantitative estimate of drug-likeness (QED) is 0.809. The van der Waals surface area contributed by atoms with Gasteiger partial charge in [-0.05, 0) is 31.5 Å². The molecule has 1 aliphatic heterocycles. The molecule has 146 valence electrons. The Morgan fingerprint density at radius 1 is 1.19 bits per heavy atom. The fraction of sp³-hybridized carbons (Fsp3) is 0.524. The van der Waals surface area contributed by atoms with E-state index < -0.39 is 0 Å². The number of nitrogens with zero attached hydrogens (tertiary/aromatic N) is 2. The van der Waals surface area contributed by atoms with Crippen LogP contribution in [0.15, 0.2) is 23.0 Å². The van der Waals surface area contributed by atoms with Crippen LogP contribution >= 0.6 is 0 Å². The van der Waals surface area contributed by atoms with Gasteiger partial charge in [-0.3, -0.25) is 9.69 Å². The average molecular weight is 371 g/mol. The van der Waals surface area contributed by atoms with Gasteiger partial charge in [0.2, 0.25) is 0 Å². The van der Waals surface area contributed by atoms with Crippen LogP contribution in [0.2, 0.25) is 0 Å². The molecular weight excluding hydrogens is 342 g/mol. The van der Waals surface area contributed by atoms with E-state index in [-0.39, 0.29) is 11.5 Å². The molecule has 0 bridgehead atoms. The summed E-state index contributed by atoms with van der Waals surface area (Å²) in [5, 5.41) is 0. The van der Waals surface area contributed by atoms with Crippen LogP contribution in [0.3, 0.4) is 0 Å². The first kappa shape index (κ1) is 19.4. The summed E-state index contributed by atoms with van der Waals surface area (Å²) in [6.07, 6.45) is 0.800. The molecule has 0 atom stereocenters. The molecule has 6 heteroatoms. The fourth-order valence-corrected chi connectivity index (χ4v) is 3.36. The molecule has 0 unspecified atom stereocenters. The molecule has 1 aromatic heterocycles. The lowest BCUT2D eigenvalue weighted by Gasteiger charge is -2.28. The molecule has 0 spiro atoms. The molecule has 2 heterocycles. The zero-order chi connectivity index (χ0) is 19.4. The highest BCUT2D eigenvalue weighted by molar-refractivity contribution is 5.43. The van der Waals surface area contributed by atoms with Gasteiger partial charge >= 0.3 is 0 Å². The monoisotopic (exact) mass is 371 g/mol. The maximum absolute atomic E-state index is 12.5. The minimum absolute atomic E-state index is 0.00454. The van der Waals surface area contributed by atoms with Crippen LogP contribution < -0.4 is 15.0 Å². The Hall–Kier alpha value is -2.34. The Morgan fingerprint density at radius 2 is 1.93 bits per heavy atom. The first-order valence-corrected chi connectivity index (χ1v) is 9.74. The average Bonchev–Trinajstić information content (AvgIpc) is 2.64. The topological polar surface area (TPSA) is 67.5 Å². The van der Waals surface area contributed by atoms with Gasteiger partial charge in [0.1, 0.15) is 5.82 Å². The second kappa shape index (κ2) is 8.57. The van der Waals surface area contributed by atoms with E-state index in [1.54, 1.807) is 0 Å². The van der Waals surface area contributed by atoms with Crippen molar-refractivity contribution in [1.29, 1.82) is 0 Å². The van der Waals surface area contributed by atoms with E-state index in [1.165, 1.54) is 0 Å². The largest absolute Gasteiger partial charge is 0.490 e. The van der Waals surface area contributed by atoms with Gasteiger partial charge in [0.15, 0.2) is 11.5 Å². The summed E-state index contributed by atoms with van der Waals surface area (Å²) >= 11 is 0. The van der Waals surface area contributed by atoms with Crippen molar-refractivity contribution in [2.75, 3.05) is 19.8 Å². The van der Waals surface area contributed by atoms with Crippen LogP contribution in [-0.4, -0.2) is 34.6 Å². The van der Waals surface area contributed by atoms with Crippen LogP contribution in [0.4, 0.5) is 0 Å².